The number of benzene rings is 2. The summed E-state index contributed by atoms with van der Waals surface area (Å²) in [4.78, 5) is 14.0. The van der Waals surface area contributed by atoms with Crippen LogP contribution in [0, 0.1) is 0 Å². The second-order valence-corrected chi connectivity index (χ2v) is 7.27. The number of carbonyl (C=O) groups excluding carboxylic acids is 1. The highest BCUT2D eigenvalue weighted by molar-refractivity contribution is 6.30. The van der Waals surface area contributed by atoms with Gasteiger partial charge in [-0.3, -0.25) is 0 Å². The summed E-state index contributed by atoms with van der Waals surface area (Å²) in [6, 6.07) is 11.2. The fraction of sp³-hybridized carbons (Fsp3) is 0.350. The molecule has 2 aromatic rings. The summed E-state index contributed by atoms with van der Waals surface area (Å²) in [6.07, 6.45) is 0.851. The van der Waals surface area contributed by atoms with E-state index in [0.717, 1.165) is 35.7 Å². The molecule has 0 aromatic heterocycles. The van der Waals surface area contributed by atoms with Gasteiger partial charge in [0, 0.05) is 24.2 Å². The number of fused-ring (bicyclic) bond motifs is 3. The lowest BCUT2D eigenvalue weighted by Crippen LogP contribution is -2.45. The molecule has 0 N–H and O–H groups in total. The molecule has 136 valence electrons. The quantitative estimate of drug-likeness (QED) is 0.714. The number of rotatable bonds is 1. The maximum absolute atomic E-state index is 11.9. The zero-order valence-corrected chi connectivity index (χ0v) is 15.5. The van der Waals surface area contributed by atoms with Crippen molar-refractivity contribution in [2.45, 2.75) is 11.8 Å². The zero-order valence-electron chi connectivity index (χ0n) is 14.8. The van der Waals surface area contributed by atoms with Gasteiger partial charge in [0.1, 0.15) is 11.5 Å². The highest BCUT2D eigenvalue weighted by atomic mass is 35.5. The average Bonchev–Trinajstić information content (AvgIpc) is 2.78. The Hall–Kier alpha value is -2.40. The fourth-order valence-electron chi connectivity index (χ4n) is 3.84. The molecule has 2 heterocycles. The van der Waals surface area contributed by atoms with Gasteiger partial charge in [-0.15, -0.1) is 0 Å². The first-order valence-corrected chi connectivity index (χ1v) is 8.89. The summed E-state index contributed by atoms with van der Waals surface area (Å²) >= 11 is 6.13. The summed E-state index contributed by atoms with van der Waals surface area (Å²) in [7, 11) is 3.40. The Bertz CT molecular complexity index is 869. The van der Waals surface area contributed by atoms with E-state index in [2.05, 4.69) is 4.90 Å². The number of anilines is 1. The van der Waals surface area contributed by atoms with Crippen LogP contribution in [0.25, 0.3) is 0 Å². The third-order valence-electron chi connectivity index (χ3n) is 5.19. The zero-order chi connectivity index (χ0) is 18.3. The number of carbonyl (C=O) groups is 1. The minimum Gasteiger partial charge on any atom is -0.493 e. The van der Waals surface area contributed by atoms with Gasteiger partial charge in [0.2, 0.25) is 0 Å². The normalized spacial score (nSPS) is 21.1. The highest BCUT2D eigenvalue weighted by Gasteiger charge is 2.42. The van der Waals surface area contributed by atoms with Crippen LogP contribution in [0.15, 0.2) is 36.4 Å². The number of ether oxygens (including phenoxy) is 3. The minimum atomic E-state index is -0.355. The van der Waals surface area contributed by atoms with Gasteiger partial charge in [-0.05, 0) is 36.8 Å². The first kappa shape index (κ1) is 17.0. The first-order chi connectivity index (χ1) is 12.5. The third-order valence-corrected chi connectivity index (χ3v) is 5.42. The van der Waals surface area contributed by atoms with E-state index < -0.39 is 0 Å². The van der Waals surface area contributed by atoms with Crippen LogP contribution < -0.4 is 14.4 Å². The molecular formula is C20H20ClNO4. The van der Waals surface area contributed by atoms with Gasteiger partial charge in [-0.25, -0.2) is 4.79 Å². The van der Waals surface area contributed by atoms with Gasteiger partial charge >= 0.3 is 5.97 Å². The molecule has 4 rings (SSSR count). The first-order valence-electron chi connectivity index (χ1n) is 8.51. The number of hydrogen-bond acceptors (Lipinski definition) is 5. The second kappa shape index (κ2) is 6.40. The van der Waals surface area contributed by atoms with Gasteiger partial charge in [0.05, 0.1) is 37.0 Å². The Morgan fingerprint density at radius 2 is 2.04 bits per heavy atom. The number of halogens is 1. The molecule has 1 unspecified atom stereocenters. The molecule has 1 atom stereocenters. The van der Waals surface area contributed by atoms with Gasteiger partial charge in [-0.2, -0.15) is 0 Å². The van der Waals surface area contributed by atoms with E-state index in [4.69, 9.17) is 25.8 Å². The van der Waals surface area contributed by atoms with Crippen molar-refractivity contribution in [3.63, 3.8) is 0 Å². The maximum atomic E-state index is 11.9. The molecular weight excluding hydrogens is 354 g/mol. The van der Waals surface area contributed by atoms with Crippen LogP contribution in [0.4, 0.5) is 5.69 Å². The lowest BCUT2D eigenvalue weighted by molar-refractivity contribution is 0.0600. The van der Waals surface area contributed by atoms with Gasteiger partial charge < -0.3 is 19.1 Å². The number of likely N-dealkylation sites (N-methyl/N-ethyl adjacent to an activating group) is 1. The van der Waals surface area contributed by atoms with Crippen LogP contribution in [-0.4, -0.2) is 39.9 Å². The lowest BCUT2D eigenvalue weighted by atomic mass is 9.76. The summed E-state index contributed by atoms with van der Waals surface area (Å²) in [5.41, 5.74) is 2.31. The van der Waals surface area contributed by atoms with Crippen LogP contribution in [-0.2, 0) is 10.2 Å². The summed E-state index contributed by atoms with van der Waals surface area (Å²) in [5.74, 6) is 1.23. The molecule has 0 amide bonds. The lowest BCUT2D eigenvalue weighted by Gasteiger charge is -2.39. The molecule has 1 spiro atoms. The van der Waals surface area contributed by atoms with E-state index in [9.17, 15) is 4.79 Å². The molecule has 0 aliphatic carbocycles. The van der Waals surface area contributed by atoms with Crippen molar-refractivity contribution < 1.29 is 19.0 Å². The maximum Gasteiger partial charge on any atom is 0.337 e. The Labute approximate surface area is 157 Å². The Kier molecular flexibility index (Phi) is 4.19. The standard InChI is InChI=1S/C20H20ClNO4/c1-22-11-20(7-8-25-18-10-14(21)4-5-15(18)20)12-26-17-6-3-13(9-16(17)22)19(23)24-2/h3-6,9-10H,7-8,11-12H2,1-2H3. The predicted octanol–water partition coefficient (Wildman–Crippen LogP) is 3.68. The topological polar surface area (TPSA) is 48.0 Å². The number of methoxy groups -OCH3 is 1. The van der Waals surface area contributed by atoms with Crippen molar-refractivity contribution in [3.8, 4) is 11.5 Å². The van der Waals surface area contributed by atoms with Crippen molar-refractivity contribution in [2.75, 3.05) is 38.8 Å². The average molecular weight is 374 g/mol. The van der Waals surface area contributed by atoms with Crippen LogP contribution >= 0.6 is 11.6 Å². The molecule has 2 aliphatic rings. The van der Waals surface area contributed by atoms with Crippen LogP contribution in [0.5, 0.6) is 11.5 Å². The molecule has 2 aliphatic heterocycles. The van der Waals surface area contributed by atoms with E-state index in [1.54, 1.807) is 6.07 Å². The largest absolute Gasteiger partial charge is 0.493 e. The Balaban J connectivity index is 1.73. The van der Waals surface area contributed by atoms with E-state index in [1.165, 1.54) is 7.11 Å². The van der Waals surface area contributed by atoms with Gasteiger partial charge in [0.15, 0.2) is 0 Å². The van der Waals surface area contributed by atoms with E-state index in [1.807, 2.05) is 37.4 Å². The Morgan fingerprint density at radius 1 is 1.19 bits per heavy atom. The molecule has 26 heavy (non-hydrogen) atoms. The van der Waals surface area contributed by atoms with Gasteiger partial charge in [-0.1, -0.05) is 17.7 Å². The van der Waals surface area contributed by atoms with Crippen LogP contribution in [0.1, 0.15) is 22.3 Å². The van der Waals surface area contributed by atoms with Crippen molar-refractivity contribution in [3.05, 3.63) is 52.5 Å². The summed E-state index contributed by atoms with van der Waals surface area (Å²) in [6.45, 7) is 1.91. The molecule has 0 fully saturated rings. The van der Waals surface area contributed by atoms with E-state index >= 15 is 0 Å². The van der Waals surface area contributed by atoms with Crippen LogP contribution in [0.2, 0.25) is 5.02 Å². The minimum absolute atomic E-state index is 0.197. The molecule has 2 aromatic carbocycles. The summed E-state index contributed by atoms with van der Waals surface area (Å²) < 4.78 is 16.8. The van der Waals surface area contributed by atoms with Crippen LogP contribution in [0.3, 0.4) is 0 Å². The number of hydrogen-bond donors (Lipinski definition) is 0. The SMILES string of the molecule is COC(=O)c1ccc2c(c1)N(C)CC1(CCOc3cc(Cl)ccc31)CO2. The molecule has 0 saturated carbocycles. The van der Waals surface area contributed by atoms with E-state index in [0.29, 0.717) is 23.8 Å². The molecule has 0 radical (unpaired) electrons. The van der Waals surface area contributed by atoms with Gasteiger partial charge in [0.25, 0.3) is 0 Å². The third kappa shape index (κ3) is 2.76. The smallest absolute Gasteiger partial charge is 0.337 e. The van der Waals surface area contributed by atoms with Crippen molar-refractivity contribution >= 4 is 23.3 Å². The molecule has 6 heteroatoms. The number of nitrogens with zero attached hydrogens (tertiary/aromatic N) is 1. The molecule has 5 nitrogen and oxygen atoms in total. The second-order valence-electron chi connectivity index (χ2n) is 6.84. The van der Waals surface area contributed by atoms with Crippen molar-refractivity contribution in [2.24, 2.45) is 0 Å². The molecule has 0 bridgehead atoms. The summed E-state index contributed by atoms with van der Waals surface area (Å²) in [5, 5.41) is 0.662. The predicted molar refractivity (Wildman–Crippen MR) is 99.8 cm³/mol. The van der Waals surface area contributed by atoms with Crippen molar-refractivity contribution in [1.82, 2.24) is 0 Å². The van der Waals surface area contributed by atoms with Crippen molar-refractivity contribution in [1.29, 1.82) is 0 Å². The Morgan fingerprint density at radius 3 is 2.85 bits per heavy atom. The monoisotopic (exact) mass is 373 g/mol. The number of esters is 1. The fourth-order valence-corrected chi connectivity index (χ4v) is 4.00. The molecule has 0 saturated heterocycles. The highest BCUT2D eigenvalue weighted by Crippen LogP contribution is 2.44. The van der Waals surface area contributed by atoms with E-state index in [-0.39, 0.29) is 11.4 Å².